The molecule has 1 nitrogen and oxygen atoms in total. The molecule has 3 rings (SSSR count). The predicted molar refractivity (Wildman–Crippen MR) is 85.1 cm³/mol. The topological polar surface area (TPSA) is 12.0 Å². The molecule has 20 heavy (non-hydrogen) atoms. The van der Waals surface area contributed by atoms with Gasteiger partial charge in [-0.1, -0.05) is 54.1 Å². The zero-order valence-electron chi connectivity index (χ0n) is 11.6. The van der Waals surface area contributed by atoms with Gasteiger partial charge in [-0.15, -0.1) is 0 Å². The Kier molecular flexibility index (Phi) is 4.39. The van der Waals surface area contributed by atoms with E-state index in [1.54, 1.807) is 0 Å². The van der Waals surface area contributed by atoms with Crippen molar-refractivity contribution in [1.82, 2.24) is 5.32 Å². The lowest BCUT2D eigenvalue weighted by Crippen LogP contribution is -2.25. The fraction of sp³-hybridized carbons (Fsp3) is 0.333. The zero-order valence-corrected chi connectivity index (χ0v) is 12.3. The van der Waals surface area contributed by atoms with Crippen molar-refractivity contribution >= 4 is 11.6 Å². The van der Waals surface area contributed by atoms with Crippen molar-refractivity contribution in [2.24, 2.45) is 5.92 Å². The lowest BCUT2D eigenvalue weighted by molar-refractivity contribution is 0.484. The summed E-state index contributed by atoms with van der Waals surface area (Å²) in [6.07, 6.45) is 3.76. The SMILES string of the molecule is Clc1ccc(C(NCCc2ccccc2)C2CC2)cc1. The molecule has 1 aliphatic carbocycles. The van der Waals surface area contributed by atoms with Crippen molar-refractivity contribution in [1.29, 1.82) is 0 Å². The number of nitrogens with one attached hydrogen (secondary N) is 1. The zero-order chi connectivity index (χ0) is 13.8. The van der Waals surface area contributed by atoms with Crippen molar-refractivity contribution in [2.45, 2.75) is 25.3 Å². The maximum Gasteiger partial charge on any atom is 0.0406 e. The first kappa shape index (κ1) is 13.7. The Morgan fingerprint density at radius 3 is 2.35 bits per heavy atom. The summed E-state index contributed by atoms with van der Waals surface area (Å²) in [6, 6.07) is 19.4. The molecule has 0 heterocycles. The van der Waals surface area contributed by atoms with E-state index in [0.29, 0.717) is 6.04 Å². The van der Waals surface area contributed by atoms with Crippen LogP contribution in [-0.4, -0.2) is 6.54 Å². The molecular formula is C18H20ClN. The second-order valence-electron chi connectivity index (χ2n) is 5.56. The van der Waals surface area contributed by atoms with Crippen LogP contribution in [0.3, 0.4) is 0 Å². The van der Waals surface area contributed by atoms with Gasteiger partial charge in [0.05, 0.1) is 0 Å². The monoisotopic (exact) mass is 285 g/mol. The van der Waals surface area contributed by atoms with Crippen LogP contribution in [0.15, 0.2) is 54.6 Å². The van der Waals surface area contributed by atoms with Gasteiger partial charge >= 0.3 is 0 Å². The number of rotatable bonds is 6. The second-order valence-corrected chi connectivity index (χ2v) is 5.99. The van der Waals surface area contributed by atoms with Crippen molar-refractivity contribution in [2.75, 3.05) is 6.54 Å². The second kappa shape index (κ2) is 6.43. The number of hydrogen-bond donors (Lipinski definition) is 1. The minimum atomic E-state index is 0.482. The third kappa shape index (κ3) is 3.62. The maximum atomic E-state index is 5.98. The summed E-state index contributed by atoms with van der Waals surface area (Å²) in [5.41, 5.74) is 2.76. The molecule has 104 valence electrons. The van der Waals surface area contributed by atoms with Gasteiger partial charge in [-0.25, -0.2) is 0 Å². The highest BCUT2D eigenvalue weighted by Crippen LogP contribution is 2.41. The molecule has 0 bridgehead atoms. The summed E-state index contributed by atoms with van der Waals surface area (Å²) in [5.74, 6) is 0.798. The fourth-order valence-corrected chi connectivity index (χ4v) is 2.80. The Bertz CT molecular complexity index is 531. The van der Waals surface area contributed by atoms with Crippen LogP contribution in [0.25, 0.3) is 0 Å². The molecule has 2 aromatic carbocycles. The summed E-state index contributed by atoms with van der Waals surface area (Å²) in [5, 5.41) is 4.54. The normalized spacial score (nSPS) is 16.1. The first-order valence-corrected chi connectivity index (χ1v) is 7.73. The van der Waals surface area contributed by atoms with Crippen LogP contribution in [0.1, 0.15) is 30.0 Å². The standard InChI is InChI=1S/C18H20ClN/c19-17-10-8-16(9-11-17)18(15-6-7-15)20-13-12-14-4-2-1-3-5-14/h1-5,8-11,15,18,20H,6-7,12-13H2. The highest BCUT2D eigenvalue weighted by molar-refractivity contribution is 6.30. The number of halogens is 1. The van der Waals surface area contributed by atoms with E-state index in [9.17, 15) is 0 Å². The molecule has 1 atom stereocenters. The van der Waals surface area contributed by atoms with Gasteiger partial charge in [-0.2, -0.15) is 0 Å². The van der Waals surface area contributed by atoms with E-state index in [0.717, 1.165) is 23.9 Å². The third-order valence-corrected chi connectivity index (χ3v) is 4.20. The van der Waals surface area contributed by atoms with Gasteiger partial charge < -0.3 is 5.32 Å². The number of hydrogen-bond acceptors (Lipinski definition) is 1. The summed E-state index contributed by atoms with van der Waals surface area (Å²) in [6.45, 7) is 1.02. The minimum absolute atomic E-state index is 0.482. The lowest BCUT2D eigenvalue weighted by atomic mass is 10.0. The Balaban J connectivity index is 1.59. The van der Waals surface area contributed by atoms with Gasteiger partial charge in [0.2, 0.25) is 0 Å². The van der Waals surface area contributed by atoms with E-state index < -0.39 is 0 Å². The van der Waals surface area contributed by atoms with E-state index in [-0.39, 0.29) is 0 Å². The van der Waals surface area contributed by atoms with Gasteiger partial charge in [0.1, 0.15) is 0 Å². The molecule has 1 aliphatic rings. The molecule has 0 amide bonds. The highest BCUT2D eigenvalue weighted by atomic mass is 35.5. The van der Waals surface area contributed by atoms with Crippen LogP contribution in [0, 0.1) is 5.92 Å². The van der Waals surface area contributed by atoms with Crippen LogP contribution in [0.4, 0.5) is 0 Å². The lowest BCUT2D eigenvalue weighted by Gasteiger charge is -2.19. The van der Waals surface area contributed by atoms with E-state index in [1.807, 2.05) is 12.1 Å². The molecular weight excluding hydrogens is 266 g/mol. The van der Waals surface area contributed by atoms with Crippen molar-refractivity contribution < 1.29 is 0 Å². The average Bonchev–Trinajstić information content (AvgIpc) is 3.31. The molecule has 0 spiro atoms. The van der Waals surface area contributed by atoms with E-state index in [4.69, 9.17) is 11.6 Å². The predicted octanol–water partition coefficient (Wildman–Crippen LogP) is 4.62. The minimum Gasteiger partial charge on any atom is -0.309 e. The van der Waals surface area contributed by atoms with E-state index in [2.05, 4.69) is 47.8 Å². The first-order valence-electron chi connectivity index (χ1n) is 7.36. The molecule has 0 aromatic heterocycles. The Hall–Kier alpha value is -1.31. The smallest absolute Gasteiger partial charge is 0.0406 e. The molecule has 1 saturated carbocycles. The van der Waals surface area contributed by atoms with Gasteiger partial charge in [0, 0.05) is 11.1 Å². The summed E-state index contributed by atoms with van der Waals surface area (Å²) >= 11 is 5.98. The maximum absolute atomic E-state index is 5.98. The largest absolute Gasteiger partial charge is 0.309 e. The molecule has 0 saturated heterocycles. The van der Waals surface area contributed by atoms with Gasteiger partial charge in [-0.3, -0.25) is 0 Å². The van der Waals surface area contributed by atoms with Crippen LogP contribution >= 0.6 is 11.6 Å². The summed E-state index contributed by atoms with van der Waals surface area (Å²) in [7, 11) is 0. The molecule has 2 aromatic rings. The van der Waals surface area contributed by atoms with Gasteiger partial charge in [0.25, 0.3) is 0 Å². The Labute approximate surface area is 126 Å². The number of benzene rings is 2. The molecule has 1 fully saturated rings. The first-order chi connectivity index (χ1) is 9.83. The van der Waals surface area contributed by atoms with Crippen molar-refractivity contribution in [3.8, 4) is 0 Å². The Morgan fingerprint density at radius 2 is 1.70 bits per heavy atom. The quantitative estimate of drug-likeness (QED) is 0.816. The van der Waals surface area contributed by atoms with E-state index >= 15 is 0 Å². The van der Waals surface area contributed by atoms with Crippen LogP contribution in [-0.2, 0) is 6.42 Å². The molecule has 0 radical (unpaired) electrons. The highest BCUT2D eigenvalue weighted by Gasteiger charge is 2.31. The fourth-order valence-electron chi connectivity index (χ4n) is 2.67. The summed E-state index contributed by atoms with van der Waals surface area (Å²) in [4.78, 5) is 0. The van der Waals surface area contributed by atoms with Gasteiger partial charge in [-0.05, 0) is 55.0 Å². The van der Waals surface area contributed by atoms with Crippen LogP contribution in [0.2, 0.25) is 5.02 Å². The average molecular weight is 286 g/mol. The molecule has 0 aliphatic heterocycles. The van der Waals surface area contributed by atoms with Crippen molar-refractivity contribution in [3.63, 3.8) is 0 Å². The molecule has 1 unspecified atom stereocenters. The van der Waals surface area contributed by atoms with Crippen LogP contribution in [0.5, 0.6) is 0 Å². The van der Waals surface area contributed by atoms with E-state index in [1.165, 1.54) is 24.0 Å². The molecule has 2 heteroatoms. The Morgan fingerprint density at radius 1 is 1.00 bits per heavy atom. The van der Waals surface area contributed by atoms with Crippen molar-refractivity contribution in [3.05, 3.63) is 70.7 Å². The van der Waals surface area contributed by atoms with Crippen LogP contribution < -0.4 is 5.32 Å². The molecule has 1 N–H and O–H groups in total. The third-order valence-electron chi connectivity index (χ3n) is 3.94. The summed E-state index contributed by atoms with van der Waals surface area (Å²) < 4.78 is 0. The van der Waals surface area contributed by atoms with Gasteiger partial charge in [0.15, 0.2) is 0 Å².